The standard InChI is InChI=1S/C21H24O6/c1-15(22)24-14-18-19(25-12-16-8-4-2-5-9-16)20(21(23)27-18)26-13-17-10-6-3-7-11-17/h2-11,18-21,23H,12-14H2,1H3/t18-,19-,20+,21?/m1/s1. The first-order chi connectivity index (χ1) is 13.1. The second-order valence-electron chi connectivity index (χ2n) is 6.39. The quantitative estimate of drug-likeness (QED) is 0.718. The Balaban J connectivity index is 1.66. The minimum absolute atomic E-state index is 0.00293. The molecule has 3 rings (SSSR count). The smallest absolute Gasteiger partial charge is 0.302 e. The van der Waals surface area contributed by atoms with Crippen LogP contribution in [0.15, 0.2) is 60.7 Å². The van der Waals surface area contributed by atoms with Gasteiger partial charge in [-0.05, 0) is 11.1 Å². The van der Waals surface area contributed by atoms with Crippen LogP contribution in [0.5, 0.6) is 0 Å². The van der Waals surface area contributed by atoms with E-state index in [0.717, 1.165) is 11.1 Å². The van der Waals surface area contributed by atoms with Crippen LogP contribution in [0.25, 0.3) is 0 Å². The molecule has 4 atom stereocenters. The normalized spacial score (nSPS) is 24.7. The van der Waals surface area contributed by atoms with Crippen LogP contribution < -0.4 is 0 Å². The van der Waals surface area contributed by atoms with Crippen molar-refractivity contribution in [3.8, 4) is 0 Å². The molecule has 2 aromatic rings. The van der Waals surface area contributed by atoms with Gasteiger partial charge in [0.05, 0.1) is 13.2 Å². The van der Waals surface area contributed by atoms with Crippen LogP contribution in [-0.4, -0.2) is 42.3 Å². The molecule has 0 aliphatic carbocycles. The van der Waals surface area contributed by atoms with Crippen molar-refractivity contribution in [1.82, 2.24) is 0 Å². The lowest BCUT2D eigenvalue weighted by molar-refractivity contribution is -0.160. The van der Waals surface area contributed by atoms with Gasteiger partial charge in [0.25, 0.3) is 0 Å². The minimum atomic E-state index is -1.16. The van der Waals surface area contributed by atoms with E-state index < -0.39 is 30.6 Å². The van der Waals surface area contributed by atoms with Gasteiger partial charge in [-0.3, -0.25) is 4.79 Å². The van der Waals surface area contributed by atoms with E-state index in [9.17, 15) is 9.90 Å². The predicted molar refractivity (Wildman–Crippen MR) is 97.6 cm³/mol. The molecule has 1 fully saturated rings. The summed E-state index contributed by atoms with van der Waals surface area (Å²) in [5, 5.41) is 10.3. The van der Waals surface area contributed by atoms with E-state index in [1.807, 2.05) is 60.7 Å². The van der Waals surface area contributed by atoms with Crippen LogP contribution in [0.2, 0.25) is 0 Å². The van der Waals surface area contributed by atoms with E-state index in [1.165, 1.54) is 6.92 Å². The zero-order valence-corrected chi connectivity index (χ0v) is 15.2. The SMILES string of the molecule is CC(=O)OC[C@H]1OC(O)[C@@H](OCc2ccccc2)[C@@H]1OCc1ccccc1. The third-order valence-corrected chi connectivity index (χ3v) is 4.31. The highest BCUT2D eigenvalue weighted by Crippen LogP contribution is 2.27. The number of benzene rings is 2. The van der Waals surface area contributed by atoms with Gasteiger partial charge in [0, 0.05) is 6.92 Å². The largest absolute Gasteiger partial charge is 0.463 e. The Labute approximate surface area is 158 Å². The van der Waals surface area contributed by atoms with Gasteiger partial charge >= 0.3 is 5.97 Å². The number of aliphatic hydroxyl groups excluding tert-OH is 1. The van der Waals surface area contributed by atoms with Crippen molar-refractivity contribution in [2.75, 3.05) is 6.61 Å². The Bertz CT molecular complexity index is 705. The summed E-state index contributed by atoms with van der Waals surface area (Å²) < 4.78 is 22.5. The minimum Gasteiger partial charge on any atom is -0.463 e. The highest BCUT2D eigenvalue weighted by atomic mass is 16.7. The number of ether oxygens (including phenoxy) is 4. The molecular weight excluding hydrogens is 348 g/mol. The van der Waals surface area contributed by atoms with Crippen LogP contribution in [-0.2, 0) is 37.0 Å². The van der Waals surface area contributed by atoms with Gasteiger partial charge in [0.15, 0.2) is 6.29 Å². The molecule has 1 N–H and O–H groups in total. The number of rotatable bonds is 8. The van der Waals surface area contributed by atoms with E-state index in [2.05, 4.69) is 0 Å². The highest BCUT2D eigenvalue weighted by molar-refractivity contribution is 5.65. The lowest BCUT2D eigenvalue weighted by atomic mass is 10.1. The summed E-state index contributed by atoms with van der Waals surface area (Å²) in [6.45, 7) is 1.98. The molecule has 0 spiro atoms. The summed E-state index contributed by atoms with van der Waals surface area (Å²) in [6, 6.07) is 19.4. The molecule has 6 nitrogen and oxygen atoms in total. The molecule has 1 aliphatic rings. The fourth-order valence-corrected chi connectivity index (χ4v) is 2.95. The Morgan fingerprint density at radius 3 is 1.96 bits per heavy atom. The molecule has 6 heteroatoms. The van der Waals surface area contributed by atoms with Crippen LogP contribution in [0.1, 0.15) is 18.1 Å². The summed E-state index contributed by atoms with van der Waals surface area (Å²) in [5.41, 5.74) is 1.97. The van der Waals surface area contributed by atoms with Crippen molar-refractivity contribution < 1.29 is 28.8 Å². The van der Waals surface area contributed by atoms with Gasteiger partial charge in [0.1, 0.15) is 24.9 Å². The van der Waals surface area contributed by atoms with E-state index in [4.69, 9.17) is 18.9 Å². The number of hydrogen-bond donors (Lipinski definition) is 1. The van der Waals surface area contributed by atoms with Gasteiger partial charge in [-0.2, -0.15) is 0 Å². The fraction of sp³-hybridized carbons (Fsp3) is 0.381. The monoisotopic (exact) mass is 372 g/mol. The van der Waals surface area contributed by atoms with Crippen molar-refractivity contribution in [2.45, 2.75) is 44.7 Å². The second kappa shape index (κ2) is 9.62. The first kappa shape index (κ1) is 19.5. The third-order valence-electron chi connectivity index (χ3n) is 4.31. The summed E-state index contributed by atoms with van der Waals surface area (Å²) in [6.07, 6.45) is -3.01. The number of carbonyl (C=O) groups excluding carboxylic acids is 1. The van der Waals surface area contributed by atoms with E-state index in [1.54, 1.807) is 0 Å². The molecule has 0 bridgehead atoms. The lowest BCUT2D eigenvalue weighted by Gasteiger charge is -2.23. The molecule has 0 saturated carbocycles. The number of esters is 1. The summed E-state index contributed by atoms with van der Waals surface area (Å²) >= 11 is 0. The average Bonchev–Trinajstić information content (AvgIpc) is 2.99. The van der Waals surface area contributed by atoms with Gasteiger partial charge in [-0.1, -0.05) is 60.7 Å². The Hall–Kier alpha value is -2.25. The Kier molecular flexibility index (Phi) is 6.95. The molecule has 0 aromatic heterocycles. The molecule has 2 aromatic carbocycles. The molecule has 0 radical (unpaired) electrons. The summed E-state index contributed by atoms with van der Waals surface area (Å²) in [7, 11) is 0. The Morgan fingerprint density at radius 2 is 1.44 bits per heavy atom. The molecule has 1 saturated heterocycles. The van der Waals surface area contributed by atoms with Crippen LogP contribution in [0.3, 0.4) is 0 Å². The van der Waals surface area contributed by atoms with Crippen molar-refractivity contribution in [2.24, 2.45) is 0 Å². The Morgan fingerprint density at radius 1 is 0.926 bits per heavy atom. The van der Waals surface area contributed by atoms with Crippen molar-refractivity contribution in [3.63, 3.8) is 0 Å². The highest BCUT2D eigenvalue weighted by Gasteiger charge is 2.46. The first-order valence-electron chi connectivity index (χ1n) is 8.91. The molecule has 144 valence electrons. The predicted octanol–water partition coefficient (Wildman–Crippen LogP) is 2.44. The fourth-order valence-electron chi connectivity index (χ4n) is 2.95. The maximum Gasteiger partial charge on any atom is 0.302 e. The third kappa shape index (κ3) is 5.61. The van der Waals surface area contributed by atoms with Gasteiger partial charge in [0.2, 0.25) is 0 Å². The van der Waals surface area contributed by atoms with Gasteiger partial charge in [-0.15, -0.1) is 0 Å². The molecule has 27 heavy (non-hydrogen) atoms. The topological polar surface area (TPSA) is 74.2 Å². The maximum atomic E-state index is 11.1. The van der Waals surface area contributed by atoms with Gasteiger partial charge in [-0.25, -0.2) is 0 Å². The number of carbonyl (C=O) groups is 1. The zero-order chi connectivity index (χ0) is 19.1. The average molecular weight is 372 g/mol. The molecule has 1 heterocycles. The first-order valence-corrected chi connectivity index (χ1v) is 8.91. The van der Waals surface area contributed by atoms with Crippen molar-refractivity contribution in [3.05, 3.63) is 71.8 Å². The summed E-state index contributed by atoms with van der Waals surface area (Å²) in [5.74, 6) is -0.413. The van der Waals surface area contributed by atoms with Crippen LogP contribution in [0, 0.1) is 0 Å². The maximum absolute atomic E-state index is 11.1. The van der Waals surface area contributed by atoms with E-state index in [0.29, 0.717) is 13.2 Å². The van der Waals surface area contributed by atoms with Crippen LogP contribution >= 0.6 is 0 Å². The van der Waals surface area contributed by atoms with Crippen molar-refractivity contribution >= 4 is 5.97 Å². The van der Waals surface area contributed by atoms with E-state index in [-0.39, 0.29) is 6.61 Å². The number of hydrogen-bond acceptors (Lipinski definition) is 6. The molecule has 1 unspecified atom stereocenters. The van der Waals surface area contributed by atoms with Gasteiger partial charge < -0.3 is 24.1 Å². The molecular formula is C21H24O6. The molecule has 0 amide bonds. The van der Waals surface area contributed by atoms with E-state index >= 15 is 0 Å². The van der Waals surface area contributed by atoms with Crippen LogP contribution in [0.4, 0.5) is 0 Å². The lowest BCUT2D eigenvalue weighted by Crippen LogP contribution is -2.39. The zero-order valence-electron chi connectivity index (χ0n) is 15.2. The number of aliphatic hydroxyl groups is 1. The second-order valence-corrected chi connectivity index (χ2v) is 6.39. The van der Waals surface area contributed by atoms with Crippen molar-refractivity contribution in [1.29, 1.82) is 0 Å². The molecule has 1 aliphatic heterocycles. The summed E-state index contributed by atoms with van der Waals surface area (Å²) in [4.78, 5) is 11.1.